The lowest BCUT2D eigenvalue weighted by molar-refractivity contribution is -0.116. The average Bonchev–Trinajstić information content (AvgIpc) is 2.24. The summed E-state index contributed by atoms with van der Waals surface area (Å²) in [5.41, 5.74) is 6.83. The van der Waals surface area contributed by atoms with E-state index in [0.717, 1.165) is 12.2 Å². The summed E-state index contributed by atoms with van der Waals surface area (Å²) in [6.07, 6.45) is 3.40. The Bertz CT molecular complexity index is 371. The number of nitrogens with two attached hydrogens (primary N) is 1. The predicted octanol–water partition coefficient (Wildman–Crippen LogP) is 3.00. The molecule has 3 N–H and O–H groups in total. The predicted molar refractivity (Wildman–Crippen MR) is 72.1 cm³/mol. The highest BCUT2D eigenvalue weighted by Gasteiger charge is 2.05. The minimum absolute atomic E-state index is 0.0250. The van der Waals surface area contributed by atoms with Gasteiger partial charge in [0.25, 0.3) is 0 Å². The molecule has 3 nitrogen and oxygen atoms in total. The molecule has 5 heteroatoms. The fourth-order valence-corrected chi connectivity index (χ4v) is 1.83. The van der Waals surface area contributed by atoms with Gasteiger partial charge in [0.05, 0.1) is 11.4 Å². The van der Waals surface area contributed by atoms with E-state index in [2.05, 4.69) is 5.32 Å². The van der Waals surface area contributed by atoms with E-state index in [1.54, 1.807) is 30.0 Å². The largest absolute Gasteiger partial charge is 0.397 e. The van der Waals surface area contributed by atoms with E-state index in [0.29, 0.717) is 22.8 Å². The molecule has 88 valence electrons. The van der Waals surface area contributed by atoms with Crippen LogP contribution in [0, 0.1) is 0 Å². The fraction of sp³-hybridized carbons (Fsp3) is 0.364. The normalized spacial score (nSPS) is 10.1. The third-order valence-electron chi connectivity index (χ3n) is 2.04. The van der Waals surface area contributed by atoms with Gasteiger partial charge >= 0.3 is 0 Å². The van der Waals surface area contributed by atoms with Crippen molar-refractivity contribution in [3.63, 3.8) is 0 Å². The van der Waals surface area contributed by atoms with Crippen LogP contribution in [0.3, 0.4) is 0 Å². The van der Waals surface area contributed by atoms with Gasteiger partial charge in [-0.15, -0.1) is 0 Å². The third kappa shape index (κ3) is 4.33. The van der Waals surface area contributed by atoms with E-state index >= 15 is 0 Å². The van der Waals surface area contributed by atoms with Gasteiger partial charge in [0, 0.05) is 11.4 Å². The summed E-state index contributed by atoms with van der Waals surface area (Å²) in [5, 5.41) is 3.32. The first-order valence-electron chi connectivity index (χ1n) is 4.97. The quantitative estimate of drug-likeness (QED) is 0.631. The average molecular weight is 259 g/mol. The van der Waals surface area contributed by atoms with Crippen molar-refractivity contribution in [2.24, 2.45) is 0 Å². The summed E-state index contributed by atoms with van der Waals surface area (Å²) in [6.45, 7) is 0. The Kier molecular flexibility index (Phi) is 5.49. The molecule has 1 rings (SSSR count). The zero-order chi connectivity index (χ0) is 12.0. The van der Waals surface area contributed by atoms with Gasteiger partial charge in [-0.1, -0.05) is 11.6 Å². The molecule has 0 saturated carbocycles. The highest BCUT2D eigenvalue weighted by atomic mass is 35.5. The van der Waals surface area contributed by atoms with Gasteiger partial charge in [-0.25, -0.2) is 0 Å². The van der Waals surface area contributed by atoms with Crippen LogP contribution in [0.5, 0.6) is 0 Å². The molecule has 0 atom stereocenters. The van der Waals surface area contributed by atoms with E-state index in [1.807, 2.05) is 6.26 Å². The number of benzene rings is 1. The maximum Gasteiger partial charge on any atom is 0.224 e. The van der Waals surface area contributed by atoms with E-state index in [9.17, 15) is 4.79 Å². The summed E-state index contributed by atoms with van der Waals surface area (Å²) in [4.78, 5) is 11.5. The van der Waals surface area contributed by atoms with E-state index in [1.165, 1.54) is 0 Å². The molecule has 1 aromatic carbocycles. The molecule has 0 radical (unpaired) electrons. The highest BCUT2D eigenvalue weighted by Crippen LogP contribution is 2.23. The maximum absolute atomic E-state index is 11.5. The molecule has 1 amide bonds. The number of nitrogens with one attached hydrogen (secondary N) is 1. The minimum Gasteiger partial charge on any atom is -0.397 e. The number of halogens is 1. The number of thioether (sulfide) groups is 1. The van der Waals surface area contributed by atoms with Crippen molar-refractivity contribution < 1.29 is 4.79 Å². The van der Waals surface area contributed by atoms with Crippen molar-refractivity contribution in [1.29, 1.82) is 0 Å². The van der Waals surface area contributed by atoms with Crippen LogP contribution in [0.2, 0.25) is 5.02 Å². The lowest BCUT2D eigenvalue weighted by Crippen LogP contribution is -2.12. The van der Waals surface area contributed by atoms with Gasteiger partial charge in [-0.3, -0.25) is 4.79 Å². The van der Waals surface area contributed by atoms with E-state index < -0.39 is 0 Å². The zero-order valence-electron chi connectivity index (χ0n) is 9.13. The Morgan fingerprint density at radius 2 is 2.31 bits per heavy atom. The van der Waals surface area contributed by atoms with Crippen LogP contribution in [0.25, 0.3) is 0 Å². The Morgan fingerprint density at radius 3 is 3.00 bits per heavy atom. The van der Waals surface area contributed by atoms with E-state index in [4.69, 9.17) is 17.3 Å². The number of rotatable bonds is 5. The Labute approximate surface area is 105 Å². The summed E-state index contributed by atoms with van der Waals surface area (Å²) in [6, 6.07) is 5.03. The van der Waals surface area contributed by atoms with Crippen LogP contribution in [-0.4, -0.2) is 17.9 Å². The van der Waals surface area contributed by atoms with Crippen LogP contribution in [0.4, 0.5) is 11.4 Å². The molecular formula is C11H15ClN2OS. The minimum atomic E-state index is -0.0250. The number of carbonyl (C=O) groups is 1. The van der Waals surface area contributed by atoms with Gasteiger partial charge in [0.1, 0.15) is 0 Å². The van der Waals surface area contributed by atoms with Crippen molar-refractivity contribution in [3.05, 3.63) is 23.2 Å². The molecular weight excluding hydrogens is 244 g/mol. The second-order valence-electron chi connectivity index (χ2n) is 3.38. The molecule has 0 saturated heterocycles. The van der Waals surface area contributed by atoms with Crippen LogP contribution < -0.4 is 11.1 Å². The Hall–Kier alpha value is -0.870. The molecule has 0 heterocycles. The molecule has 0 unspecified atom stereocenters. The van der Waals surface area contributed by atoms with Gasteiger partial charge in [-0.05, 0) is 36.6 Å². The van der Waals surface area contributed by atoms with Crippen molar-refractivity contribution in [1.82, 2.24) is 0 Å². The summed E-state index contributed by atoms with van der Waals surface area (Å²) in [5.74, 6) is 0.960. The van der Waals surface area contributed by atoms with Crippen LogP contribution in [0.15, 0.2) is 18.2 Å². The number of nitrogen functional groups attached to an aromatic ring is 1. The molecule has 0 bridgehead atoms. The smallest absolute Gasteiger partial charge is 0.224 e. The van der Waals surface area contributed by atoms with Crippen molar-refractivity contribution in [3.8, 4) is 0 Å². The summed E-state index contributed by atoms with van der Waals surface area (Å²) < 4.78 is 0. The van der Waals surface area contributed by atoms with Gasteiger partial charge in [0.15, 0.2) is 0 Å². The molecule has 0 aliphatic rings. The second-order valence-corrected chi connectivity index (χ2v) is 4.80. The van der Waals surface area contributed by atoms with Crippen LogP contribution >= 0.6 is 23.4 Å². The zero-order valence-corrected chi connectivity index (χ0v) is 10.7. The number of hydrogen-bond donors (Lipinski definition) is 2. The Balaban J connectivity index is 2.52. The standard InChI is InChI=1S/C11H15ClN2OS/c1-16-6-2-3-11(15)14-10-7-8(12)4-5-9(10)13/h4-5,7H,2-3,6,13H2,1H3,(H,14,15). The number of anilines is 2. The SMILES string of the molecule is CSCCCC(=O)Nc1cc(Cl)ccc1N. The molecule has 0 fully saturated rings. The van der Waals surface area contributed by atoms with Crippen LogP contribution in [-0.2, 0) is 4.79 Å². The monoisotopic (exact) mass is 258 g/mol. The highest BCUT2D eigenvalue weighted by molar-refractivity contribution is 7.98. The van der Waals surface area contributed by atoms with Crippen LogP contribution in [0.1, 0.15) is 12.8 Å². The lowest BCUT2D eigenvalue weighted by atomic mass is 10.2. The fourth-order valence-electron chi connectivity index (χ4n) is 1.23. The molecule has 16 heavy (non-hydrogen) atoms. The first-order valence-corrected chi connectivity index (χ1v) is 6.74. The van der Waals surface area contributed by atoms with Gasteiger partial charge < -0.3 is 11.1 Å². The molecule has 1 aromatic rings. The first-order chi connectivity index (χ1) is 7.63. The maximum atomic E-state index is 11.5. The van der Waals surface area contributed by atoms with Crippen molar-refractivity contribution in [2.45, 2.75) is 12.8 Å². The topological polar surface area (TPSA) is 55.1 Å². The van der Waals surface area contributed by atoms with E-state index in [-0.39, 0.29) is 5.91 Å². The molecule has 0 aliphatic heterocycles. The molecule has 0 aliphatic carbocycles. The first kappa shape index (κ1) is 13.2. The number of hydrogen-bond acceptors (Lipinski definition) is 3. The Morgan fingerprint density at radius 1 is 1.56 bits per heavy atom. The third-order valence-corrected chi connectivity index (χ3v) is 2.97. The van der Waals surface area contributed by atoms with Crippen molar-refractivity contribution >= 4 is 40.6 Å². The molecule has 0 aromatic heterocycles. The summed E-state index contributed by atoms with van der Waals surface area (Å²) >= 11 is 7.55. The number of carbonyl (C=O) groups excluding carboxylic acids is 1. The van der Waals surface area contributed by atoms with Gasteiger partial charge in [-0.2, -0.15) is 11.8 Å². The summed E-state index contributed by atoms with van der Waals surface area (Å²) in [7, 11) is 0. The van der Waals surface area contributed by atoms with Crippen molar-refractivity contribution in [2.75, 3.05) is 23.1 Å². The molecule has 0 spiro atoms. The lowest BCUT2D eigenvalue weighted by Gasteiger charge is -2.08. The van der Waals surface area contributed by atoms with Gasteiger partial charge in [0.2, 0.25) is 5.91 Å². The second kappa shape index (κ2) is 6.66. The number of amides is 1.